The van der Waals surface area contributed by atoms with Crippen LogP contribution in [0.2, 0.25) is 10.0 Å². The SMILES string of the molecule is CCOC(=O)C(NC(C)CC)c1cc(Cl)cc(Cl)c1. The highest BCUT2D eigenvalue weighted by atomic mass is 35.5. The first-order valence-electron chi connectivity index (χ1n) is 6.36. The Morgan fingerprint density at radius 1 is 1.26 bits per heavy atom. The quantitative estimate of drug-likeness (QED) is 0.808. The van der Waals surface area contributed by atoms with E-state index in [1.807, 2.05) is 13.8 Å². The molecular formula is C14H19Cl2NO2. The summed E-state index contributed by atoms with van der Waals surface area (Å²) in [4.78, 5) is 12.0. The van der Waals surface area contributed by atoms with Gasteiger partial charge >= 0.3 is 5.97 Å². The predicted molar refractivity (Wildman–Crippen MR) is 78.7 cm³/mol. The predicted octanol–water partition coefficient (Wildman–Crippen LogP) is 3.99. The van der Waals surface area contributed by atoms with Crippen LogP contribution in [-0.4, -0.2) is 18.6 Å². The van der Waals surface area contributed by atoms with Crippen molar-refractivity contribution in [2.45, 2.75) is 39.3 Å². The molecule has 0 amide bonds. The Balaban J connectivity index is 3.03. The van der Waals surface area contributed by atoms with Crippen molar-refractivity contribution < 1.29 is 9.53 Å². The minimum Gasteiger partial charge on any atom is -0.465 e. The molecule has 106 valence electrons. The lowest BCUT2D eigenvalue weighted by Crippen LogP contribution is -2.36. The zero-order chi connectivity index (χ0) is 14.4. The van der Waals surface area contributed by atoms with Crippen LogP contribution in [0.5, 0.6) is 0 Å². The van der Waals surface area contributed by atoms with Crippen LogP contribution < -0.4 is 5.32 Å². The van der Waals surface area contributed by atoms with Crippen LogP contribution >= 0.6 is 23.2 Å². The van der Waals surface area contributed by atoms with E-state index < -0.39 is 6.04 Å². The van der Waals surface area contributed by atoms with Gasteiger partial charge in [-0.05, 0) is 44.0 Å². The molecule has 0 spiro atoms. The average molecular weight is 304 g/mol. The van der Waals surface area contributed by atoms with Gasteiger partial charge in [0.15, 0.2) is 0 Å². The number of benzene rings is 1. The van der Waals surface area contributed by atoms with E-state index >= 15 is 0 Å². The minimum atomic E-state index is -0.550. The molecule has 1 N–H and O–H groups in total. The zero-order valence-corrected chi connectivity index (χ0v) is 12.9. The largest absolute Gasteiger partial charge is 0.465 e. The maximum absolute atomic E-state index is 12.0. The molecule has 0 aliphatic heterocycles. The number of nitrogens with one attached hydrogen (secondary N) is 1. The molecule has 0 aromatic heterocycles. The van der Waals surface area contributed by atoms with Crippen molar-refractivity contribution in [1.82, 2.24) is 5.32 Å². The van der Waals surface area contributed by atoms with Gasteiger partial charge in [-0.3, -0.25) is 5.32 Å². The first kappa shape index (κ1) is 16.3. The van der Waals surface area contributed by atoms with E-state index in [2.05, 4.69) is 5.32 Å². The third kappa shape index (κ3) is 5.01. The second-order valence-electron chi connectivity index (χ2n) is 4.36. The zero-order valence-electron chi connectivity index (χ0n) is 11.4. The third-order valence-electron chi connectivity index (χ3n) is 2.80. The lowest BCUT2D eigenvalue weighted by molar-refractivity contribution is -0.146. The van der Waals surface area contributed by atoms with Crippen molar-refractivity contribution in [1.29, 1.82) is 0 Å². The fourth-order valence-electron chi connectivity index (χ4n) is 1.67. The van der Waals surface area contributed by atoms with Gasteiger partial charge in [-0.25, -0.2) is 4.79 Å². The van der Waals surface area contributed by atoms with Gasteiger partial charge in [0.2, 0.25) is 0 Å². The Hall–Kier alpha value is -0.770. The fraction of sp³-hybridized carbons (Fsp3) is 0.500. The third-order valence-corrected chi connectivity index (χ3v) is 3.24. The van der Waals surface area contributed by atoms with E-state index in [1.165, 1.54) is 0 Å². The van der Waals surface area contributed by atoms with Gasteiger partial charge in [-0.2, -0.15) is 0 Å². The molecule has 3 nitrogen and oxygen atoms in total. The van der Waals surface area contributed by atoms with Crippen LogP contribution in [0.3, 0.4) is 0 Å². The van der Waals surface area contributed by atoms with Gasteiger partial charge in [0.1, 0.15) is 6.04 Å². The van der Waals surface area contributed by atoms with Gasteiger partial charge in [0.05, 0.1) is 6.61 Å². The van der Waals surface area contributed by atoms with Crippen molar-refractivity contribution in [3.8, 4) is 0 Å². The standard InChI is InChI=1S/C14H19Cl2NO2/c1-4-9(3)17-13(14(18)19-5-2)10-6-11(15)8-12(16)7-10/h6-9,13,17H,4-5H2,1-3H3. The van der Waals surface area contributed by atoms with E-state index in [-0.39, 0.29) is 12.0 Å². The molecule has 0 bridgehead atoms. The van der Waals surface area contributed by atoms with Crippen molar-refractivity contribution in [3.05, 3.63) is 33.8 Å². The molecule has 0 aliphatic carbocycles. The highest BCUT2D eigenvalue weighted by Gasteiger charge is 2.23. The summed E-state index contributed by atoms with van der Waals surface area (Å²) in [6.07, 6.45) is 0.907. The molecule has 0 saturated heterocycles. The minimum absolute atomic E-state index is 0.187. The van der Waals surface area contributed by atoms with Crippen molar-refractivity contribution in [3.63, 3.8) is 0 Å². The molecule has 1 rings (SSSR count). The highest BCUT2D eigenvalue weighted by molar-refractivity contribution is 6.34. The molecule has 0 heterocycles. The fourth-order valence-corrected chi connectivity index (χ4v) is 2.21. The van der Waals surface area contributed by atoms with Gasteiger partial charge in [-0.15, -0.1) is 0 Å². The molecule has 0 saturated carbocycles. The number of esters is 1. The maximum atomic E-state index is 12.0. The van der Waals surface area contributed by atoms with E-state index in [4.69, 9.17) is 27.9 Å². The van der Waals surface area contributed by atoms with Crippen LogP contribution in [0.15, 0.2) is 18.2 Å². The van der Waals surface area contributed by atoms with Crippen LogP contribution in [0.1, 0.15) is 38.8 Å². The van der Waals surface area contributed by atoms with Crippen molar-refractivity contribution >= 4 is 29.2 Å². The smallest absolute Gasteiger partial charge is 0.327 e. The number of hydrogen-bond donors (Lipinski definition) is 1. The number of hydrogen-bond acceptors (Lipinski definition) is 3. The van der Waals surface area contributed by atoms with Crippen LogP contribution in [-0.2, 0) is 9.53 Å². The molecule has 2 atom stereocenters. The van der Waals surface area contributed by atoms with Gasteiger partial charge in [0.25, 0.3) is 0 Å². The normalized spacial score (nSPS) is 13.9. The Labute approximate surface area is 124 Å². The Bertz CT molecular complexity index is 417. The van der Waals surface area contributed by atoms with E-state index in [9.17, 15) is 4.79 Å². The number of carbonyl (C=O) groups is 1. The first-order chi connectivity index (χ1) is 8.97. The average Bonchev–Trinajstić information content (AvgIpc) is 2.34. The van der Waals surface area contributed by atoms with E-state index in [0.29, 0.717) is 16.7 Å². The second kappa shape index (κ2) is 7.73. The molecule has 0 fully saturated rings. The molecule has 1 aromatic carbocycles. The van der Waals surface area contributed by atoms with Crippen molar-refractivity contribution in [2.24, 2.45) is 0 Å². The molecule has 1 aromatic rings. The molecule has 19 heavy (non-hydrogen) atoms. The molecule has 2 unspecified atom stereocenters. The molecule has 5 heteroatoms. The van der Waals surface area contributed by atoms with Crippen LogP contribution in [0, 0.1) is 0 Å². The highest BCUT2D eigenvalue weighted by Crippen LogP contribution is 2.25. The number of rotatable bonds is 6. The molecule has 0 aliphatic rings. The number of carbonyl (C=O) groups excluding carboxylic acids is 1. The summed E-state index contributed by atoms with van der Waals surface area (Å²) in [5.74, 6) is -0.318. The van der Waals surface area contributed by atoms with Gasteiger partial charge < -0.3 is 4.74 Å². The topological polar surface area (TPSA) is 38.3 Å². The van der Waals surface area contributed by atoms with Crippen LogP contribution in [0.4, 0.5) is 0 Å². The van der Waals surface area contributed by atoms with E-state index in [0.717, 1.165) is 12.0 Å². The van der Waals surface area contributed by atoms with Gasteiger partial charge in [0, 0.05) is 16.1 Å². The van der Waals surface area contributed by atoms with Gasteiger partial charge in [-0.1, -0.05) is 30.1 Å². The summed E-state index contributed by atoms with van der Waals surface area (Å²) in [6.45, 7) is 6.18. The summed E-state index contributed by atoms with van der Waals surface area (Å²) in [5.41, 5.74) is 0.719. The van der Waals surface area contributed by atoms with E-state index in [1.54, 1.807) is 25.1 Å². The maximum Gasteiger partial charge on any atom is 0.327 e. The van der Waals surface area contributed by atoms with Crippen molar-refractivity contribution in [2.75, 3.05) is 6.61 Å². The molecular weight excluding hydrogens is 285 g/mol. The summed E-state index contributed by atoms with van der Waals surface area (Å²) >= 11 is 12.0. The summed E-state index contributed by atoms with van der Waals surface area (Å²) in [7, 11) is 0. The monoisotopic (exact) mass is 303 g/mol. The molecule has 0 radical (unpaired) electrons. The lowest BCUT2D eigenvalue weighted by Gasteiger charge is -2.22. The lowest BCUT2D eigenvalue weighted by atomic mass is 10.1. The van der Waals surface area contributed by atoms with Crippen LogP contribution in [0.25, 0.3) is 0 Å². The first-order valence-corrected chi connectivity index (χ1v) is 7.12. The Morgan fingerprint density at radius 2 is 1.84 bits per heavy atom. The summed E-state index contributed by atoms with van der Waals surface area (Å²) < 4.78 is 5.10. The summed E-state index contributed by atoms with van der Waals surface area (Å²) in [5, 5.41) is 4.24. The Kier molecular flexibility index (Phi) is 6.63. The number of ether oxygens (including phenoxy) is 1. The number of halogens is 2. The Morgan fingerprint density at radius 3 is 2.32 bits per heavy atom. The second-order valence-corrected chi connectivity index (χ2v) is 5.24. The summed E-state index contributed by atoms with van der Waals surface area (Å²) in [6, 6.07) is 4.73.